The summed E-state index contributed by atoms with van der Waals surface area (Å²) in [5, 5.41) is 10.1. The van der Waals surface area contributed by atoms with E-state index >= 15 is 0 Å². The first-order valence-electron chi connectivity index (χ1n) is 6.42. The second-order valence-corrected chi connectivity index (χ2v) is 4.62. The molecule has 1 unspecified atom stereocenters. The molecular formula is C15H15N3O2. The summed E-state index contributed by atoms with van der Waals surface area (Å²) < 4.78 is 11.0. The van der Waals surface area contributed by atoms with E-state index in [0.717, 1.165) is 11.1 Å². The molecule has 5 heteroatoms. The topological polar surface area (TPSA) is 74.2 Å². The van der Waals surface area contributed by atoms with Gasteiger partial charge in [0, 0.05) is 0 Å². The molecule has 2 N–H and O–H groups in total. The number of nitrogens with two attached hydrogens (primary N) is 1. The average molecular weight is 269 g/mol. The molecule has 0 aliphatic rings. The van der Waals surface area contributed by atoms with E-state index in [1.807, 2.05) is 36.4 Å². The largest absolute Gasteiger partial charge is 0.484 e. The van der Waals surface area contributed by atoms with Crippen LogP contribution in [0.1, 0.15) is 24.7 Å². The highest BCUT2D eigenvalue weighted by atomic mass is 16.5. The molecule has 1 aromatic heterocycles. The van der Waals surface area contributed by atoms with Gasteiger partial charge in [0.05, 0.1) is 6.04 Å². The molecule has 0 bridgehead atoms. The van der Waals surface area contributed by atoms with Crippen LogP contribution in [0.25, 0.3) is 10.8 Å². The highest BCUT2D eigenvalue weighted by Crippen LogP contribution is 2.21. The first-order chi connectivity index (χ1) is 9.72. The SMILES string of the molecule is CC(N)c1nnc(COc2ccc3ccccc3c2)o1. The average Bonchev–Trinajstić information content (AvgIpc) is 2.94. The van der Waals surface area contributed by atoms with Crippen LogP contribution in [-0.2, 0) is 6.61 Å². The molecule has 1 atom stereocenters. The summed E-state index contributed by atoms with van der Waals surface area (Å²) in [7, 11) is 0. The Labute approximate surface area is 116 Å². The Hall–Kier alpha value is -2.40. The minimum atomic E-state index is -0.267. The van der Waals surface area contributed by atoms with Gasteiger partial charge in [0.25, 0.3) is 5.89 Å². The fraction of sp³-hybridized carbons (Fsp3) is 0.200. The molecule has 5 nitrogen and oxygen atoms in total. The van der Waals surface area contributed by atoms with Crippen molar-refractivity contribution in [1.82, 2.24) is 10.2 Å². The number of hydrogen-bond donors (Lipinski definition) is 1. The molecule has 0 spiro atoms. The maximum absolute atomic E-state index is 5.66. The van der Waals surface area contributed by atoms with Gasteiger partial charge in [-0.25, -0.2) is 0 Å². The summed E-state index contributed by atoms with van der Waals surface area (Å²) in [5.41, 5.74) is 5.66. The van der Waals surface area contributed by atoms with Crippen molar-refractivity contribution in [2.45, 2.75) is 19.6 Å². The molecule has 102 valence electrons. The Balaban J connectivity index is 1.72. The number of fused-ring (bicyclic) bond motifs is 1. The standard InChI is InChI=1S/C15H15N3O2/c1-10(16)15-18-17-14(20-15)9-19-13-7-6-11-4-2-3-5-12(11)8-13/h2-8,10H,9,16H2,1H3. The molecule has 1 heterocycles. The zero-order valence-electron chi connectivity index (χ0n) is 11.1. The monoisotopic (exact) mass is 269 g/mol. The van der Waals surface area contributed by atoms with Crippen molar-refractivity contribution in [2.24, 2.45) is 5.73 Å². The molecular weight excluding hydrogens is 254 g/mol. The van der Waals surface area contributed by atoms with E-state index in [4.69, 9.17) is 14.9 Å². The van der Waals surface area contributed by atoms with E-state index in [0.29, 0.717) is 11.8 Å². The second-order valence-electron chi connectivity index (χ2n) is 4.62. The highest BCUT2D eigenvalue weighted by molar-refractivity contribution is 5.83. The quantitative estimate of drug-likeness (QED) is 0.788. The van der Waals surface area contributed by atoms with Gasteiger partial charge in [0.2, 0.25) is 5.89 Å². The summed E-state index contributed by atoms with van der Waals surface area (Å²) in [6.45, 7) is 2.03. The van der Waals surface area contributed by atoms with Crippen LogP contribution in [0.2, 0.25) is 0 Å². The number of aromatic nitrogens is 2. The van der Waals surface area contributed by atoms with Crippen LogP contribution in [0.15, 0.2) is 46.9 Å². The number of ether oxygens (including phenoxy) is 1. The van der Waals surface area contributed by atoms with Crippen molar-refractivity contribution in [3.05, 3.63) is 54.2 Å². The Morgan fingerprint density at radius 3 is 2.70 bits per heavy atom. The van der Waals surface area contributed by atoms with E-state index in [1.165, 1.54) is 5.39 Å². The van der Waals surface area contributed by atoms with Crippen molar-refractivity contribution in [3.63, 3.8) is 0 Å². The van der Waals surface area contributed by atoms with Crippen molar-refractivity contribution in [1.29, 1.82) is 0 Å². The second kappa shape index (κ2) is 5.30. The van der Waals surface area contributed by atoms with Gasteiger partial charge in [-0.1, -0.05) is 30.3 Å². The van der Waals surface area contributed by atoms with E-state index < -0.39 is 0 Å². The molecule has 3 rings (SSSR count). The molecule has 20 heavy (non-hydrogen) atoms. The fourth-order valence-corrected chi connectivity index (χ4v) is 1.91. The highest BCUT2D eigenvalue weighted by Gasteiger charge is 2.10. The normalized spacial score (nSPS) is 12.5. The molecule has 0 radical (unpaired) electrons. The Kier molecular flexibility index (Phi) is 3.35. The lowest BCUT2D eigenvalue weighted by molar-refractivity contribution is 0.257. The minimum Gasteiger partial charge on any atom is -0.484 e. The third-order valence-electron chi connectivity index (χ3n) is 2.96. The zero-order valence-corrected chi connectivity index (χ0v) is 11.1. The maximum atomic E-state index is 5.66. The number of hydrogen-bond acceptors (Lipinski definition) is 5. The predicted octanol–water partition coefficient (Wildman–Crippen LogP) is 2.82. The lowest BCUT2D eigenvalue weighted by atomic mass is 10.1. The Morgan fingerprint density at radius 2 is 1.95 bits per heavy atom. The van der Waals surface area contributed by atoms with Crippen molar-refractivity contribution in [2.75, 3.05) is 0 Å². The summed E-state index contributed by atoms with van der Waals surface area (Å²) in [5.74, 6) is 1.61. The van der Waals surface area contributed by atoms with E-state index in [2.05, 4.69) is 16.3 Å². The number of benzene rings is 2. The van der Waals surface area contributed by atoms with Gasteiger partial charge in [0.15, 0.2) is 6.61 Å². The number of nitrogens with zero attached hydrogens (tertiary/aromatic N) is 2. The van der Waals surface area contributed by atoms with Gasteiger partial charge < -0.3 is 14.9 Å². The van der Waals surface area contributed by atoms with Crippen LogP contribution in [0.5, 0.6) is 5.75 Å². The van der Waals surface area contributed by atoms with Gasteiger partial charge in [-0.3, -0.25) is 0 Å². The summed E-state index contributed by atoms with van der Waals surface area (Å²) >= 11 is 0. The maximum Gasteiger partial charge on any atom is 0.253 e. The lowest BCUT2D eigenvalue weighted by Crippen LogP contribution is -2.04. The molecule has 0 fully saturated rings. The van der Waals surface area contributed by atoms with Gasteiger partial charge in [-0.05, 0) is 29.8 Å². The van der Waals surface area contributed by atoms with Crippen LogP contribution in [0, 0.1) is 0 Å². The third kappa shape index (κ3) is 2.62. The Bertz CT molecular complexity index is 722. The molecule has 0 amide bonds. The minimum absolute atomic E-state index is 0.234. The summed E-state index contributed by atoms with van der Waals surface area (Å²) in [4.78, 5) is 0. The van der Waals surface area contributed by atoms with Crippen LogP contribution in [-0.4, -0.2) is 10.2 Å². The first-order valence-corrected chi connectivity index (χ1v) is 6.42. The van der Waals surface area contributed by atoms with E-state index in [9.17, 15) is 0 Å². The van der Waals surface area contributed by atoms with E-state index in [-0.39, 0.29) is 12.6 Å². The fourth-order valence-electron chi connectivity index (χ4n) is 1.91. The molecule has 0 saturated carbocycles. The summed E-state index contributed by atoms with van der Waals surface area (Å²) in [6, 6.07) is 13.8. The van der Waals surface area contributed by atoms with Crippen molar-refractivity contribution >= 4 is 10.8 Å². The summed E-state index contributed by atoms with van der Waals surface area (Å²) in [6.07, 6.45) is 0. The van der Waals surface area contributed by atoms with Crippen molar-refractivity contribution in [3.8, 4) is 5.75 Å². The van der Waals surface area contributed by atoms with Crippen molar-refractivity contribution < 1.29 is 9.15 Å². The van der Waals surface area contributed by atoms with E-state index in [1.54, 1.807) is 6.92 Å². The molecule has 0 saturated heterocycles. The van der Waals surface area contributed by atoms with Crippen LogP contribution in [0.3, 0.4) is 0 Å². The zero-order chi connectivity index (χ0) is 13.9. The Morgan fingerprint density at radius 1 is 1.15 bits per heavy atom. The smallest absolute Gasteiger partial charge is 0.253 e. The van der Waals surface area contributed by atoms with Gasteiger partial charge >= 0.3 is 0 Å². The van der Waals surface area contributed by atoms with Gasteiger partial charge in [0.1, 0.15) is 5.75 Å². The van der Waals surface area contributed by atoms with Gasteiger partial charge in [-0.15, -0.1) is 10.2 Å². The third-order valence-corrected chi connectivity index (χ3v) is 2.96. The molecule has 0 aliphatic carbocycles. The number of rotatable bonds is 4. The van der Waals surface area contributed by atoms with Crippen LogP contribution >= 0.6 is 0 Å². The predicted molar refractivity (Wildman–Crippen MR) is 75.2 cm³/mol. The molecule has 3 aromatic rings. The van der Waals surface area contributed by atoms with Gasteiger partial charge in [-0.2, -0.15) is 0 Å². The molecule has 2 aromatic carbocycles. The first kappa shape index (κ1) is 12.6. The molecule has 0 aliphatic heterocycles. The van der Waals surface area contributed by atoms with Crippen LogP contribution in [0.4, 0.5) is 0 Å². The lowest BCUT2D eigenvalue weighted by Gasteiger charge is -2.05. The van der Waals surface area contributed by atoms with Crippen LogP contribution < -0.4 is 10.5 Å².